The Labute approximate surface area is 110 Å². The van der Waals surface area contributed by atoms with E-state index >= 15 is 0 Å². The molecular formula is C14H14N4O. The molecule has 0 saturated carbocycles. The van der Waals surface area contributed by atoms with Crippen LogP contribution in [-0.4, -0.2) is 24.9 Å². The molecule has 0 saturated heterocycles. The monoisotopic (exact) mass is 254 g/mol. The molecule has 0 aliphatic carbocycles. The number of aliphatic hydroxyl groups excluding tert-OH is 1. The van der Waals surface area contributed by atoms with Crippen LogP contribution in [0.15, 0.2) is 42.7 Å². The van der Waals surface area contributed by atoms with Crippen molar-refractivity contribution in [1.82, 2.24) is 19.7 Å². The van der Waals surface area contributed by atoms with Crippen LogP contribution in [0.2, 0.25) is 0 Å². The molecule has 1 aromatic carbocycles. The van der Waals surface area contributed by atoms with Gasteiger partial charge in [0.1, 0.15) is 5.82 Å². The van der Waals surface area contributed by atoms with Gasteiger partial charge in [-0.2, -0.15) is 10.2 Å². The predicted molar refractivity (Wildman–Crippen MR) is 71.4 cm³/mol. The largest absolute Gasteiger partial charge is 0.388 e. The number of aliphatic hydroxyl groups is 1. The predicted octanol–water partition coefficient (Wildman–Crippen LogP) is 1.64. The standard InChI is InChI=1S/C14H14N4O/c1-18-12-5-3-2-4-11(12)17-14(18)8-13(19)10-6-7-15-16-9-10/h2-7,9,13,19H,8H2,1H3. The Morgan fingerprint density at radius 3 is 2.79 bits per heavy atom. The first-order chi connectivity index (χ1) is 9.25. The molecular weight excluding hydrogens is 240 g/mol. The van der Waals surface area contributed by atoms with Crippen LogP contribution in [-0.2, 0) is 13.5 Å². The zero-order valence-corrected chi connectivity index (χ0v) is 10.6. The van der Waals surface area contributed by atoms with Crippen LogP contribution in [0.3, 0.4) is 0 Å². The lowest BCUT2D eigenvalue weighted by Crippen LogP contribution is -2.07. The summed E-state index contributed by atoms with van der Waals surface area (Å²) >= 11 is 0. The van der Waals surface area contributed by atoms with Crippen LogP contribution >= 0.6 is 0 Å². The fraction of sp³-hybridized carbons (Fsp3) is 0.214. The zero-order valence-electron chi connectivity index (χ0n) is 10.6. The third kappa shape index (κ3) is 2.20. The second-order valence-electron chi connectivity index (χ2n) is 4.47. The number of nitrogens with zero attached hydrogens (tertiary/aromatic N) is 4. The van der Waals surface area contributed by atoms with Gasteiger partial charge < -0.3 is 9.67 Å². The molecule has 0 fully saturated rings. The van der Waals surface area contributed by atoms with Crippen molar-refractivity contribution < 1.29 is 5.11 Å². The van der Waals surface area contributed by atoms with Crippen LogP contribution in [0.1, 0.15) is 17.5 Å². The molecule has 1 atom stereocenters. The lowest BCUT2D eigenvalue weighted by molar-refractivity contribution is 0.174. The highest BCUT2D eigenvalue weighted by Crippen LogP contribution is 2.20. The average Bonchev–Trinajstić information content (AvgIpc) is 2.77. The van der Waals surface area contributed by atoms with Gasteiger partial charge in [-0.25, -0.2) is 4.98 Å². The number of hydrogen-bond donors (Lipinski definition) is 1. The minimum absolute atomic E-state index is 0.455. The summed E-state index contributed by atoms with van der Waals surface area (Å²) in [6, 6.07) is 9.70. The Balaban J connectivity index is 1.91. The van der Waals surface area contributed by atoms with Gasteiger partial charge in [-0.3, -0.25) is 0 Å². The number of rotatable bonds is 3. The van der Waals surface area contributed by atoms with Crippen molar-refractivity contribution in [3.8, 4) is 0 Å². The maximum absolute atomic E-state index is 10.2. The Hall–Kier alpha value is -2.27. The number of benzene rings is 1. The van der Waals surface area contributed by atoms with Crippen molar-refractivity contribution in [1.29, 1.82) is 0 Å². The van der Waals surface area contributed by atoms with E-state index in [9.17, 15) is 5.11 Å². The van der Waals surface area contributed by atoms with Crippen LogP contribution < -0.4 is 0 Å². The van der Waals surface area contributed by atoms with Gasteiger partial charge in [0.2, 0.25) is 0 Å². The van der Waals surface area contributed by atoms with Gasteiger partial charge >= 0.3 is 0 Å². The fourth-order valence-corrected chi connectivity index (χ4v) is 2.17. The molecule has 3 rings (SSSR count). The summed E-state index contributed by atoms with van der Waals surface area (Å²) in [4.78, 5) is 4.54. The molecule has 5 heteroatoms. The van der Waals surface area contributed by atoms with Gasteiger partial charge in [-0.05, 0) is 18.2 Å². The Bertz CT molecular complexity index is 693. The molecule has 0 aliphatic heterocycles. The topological polar surface area (TPSA) is 63.8 Å². The second kappa shape index (κ2) is 4.78. The molecule has 19 heavy (non-hydrogen) atoms. The van der Waals surface area contributed by atoms with Crippen molar-refractivity contribution in [2.24, 2.45) is 7.05 Å². The van der Waals surface area contributed by atoms with E-state index in [2.05, 4.69) is 15.2 Å². The van der Waals surface area contributed by atoms with E-state index in [1.807, 2.05) is 35.9 Å². The van der Waals surface area contributed by atoms with Gasteiger partial charge in [0.15, 0.2) is 0 Å². The number of imidazole rings is 1. The lowest BCUT2D eigenvalue weighted by Gasteiger charge is -2.09. The minimum Gasteiger partial charge on any atom is -0.388 e. The molecule has 0 spiro atoms. The third-order valence-electron chi connectivity index (χ3n) is 3.25. The summed E-state index contributed by atoms with van der Waals surface area (Å²) in [7, 11) is 1.96. The van der Waals surface area contributed by atoms with Crippen molar-refractivity contribution in [3.05, 3.63) is 54.1 Å². The van der Waals surface area contributed by atoms with E-state index < -0.39 is 6.10 Å². The van der Waals surface area contributed by atoms with Gasteiger partial charge in [0, 0.05) is 25.2 Å². The molecule has 1 unspecified atom stereocenters. The first kappa shape index (κ1) is 11.8. The van der Waals surface area contributed by atoms with Crippen LogP contribution in [0, 0.1) is 0 Å². The fourth-order valence-electron chi connectivity index (χ4n) is 2.17. The van der Waals surface area contributed by atoms with E-state index in [1.54, 1.807) is 18.5 Å². The maximum atomic E-state index is 10.2. The molecule has 1 N–H and O–H groups in total. The minimum atomic E-state index is -0.619. The van der Waals surface area contributed by atoms with Gasteiger partial charge in [-0.1, -0.05) is 12.1 Å². The number of para-hydroxylation sites is 2. The summed E-state index contributed by atoms with van der Waals surface area (Å²) in [5, 5.41) is 17.7. The maximum Gasteiger partial charge on any atom is 0.112 e. The van der Waals surface area contributed by atoms with Gasteiger partial charge in [0.05, 0.1) is 23.3 Å². The molecule has 0 radical (unpaired) electrons. The second-order valence-corrected chi connectivity index (χ2v) is 4.47. The summed E-state index contributed by atoms with van der Waals surface area (Å²) in [5.74, 6) is 0.852. The highest BCUT2D eigenvalue weighted by atomic mass is 16.3. The molecule has 5 nitrogen and oxygen atoms in total. The van der Waals surface area contributed by atoms with E-state index in [0.717, 1.165) is 22.4 Å². The van der Waals surface area contributed by atoms with Gasteiger partial charge in [0.25, 0.3) is 0 Å². The summed E-state index contributed by atoms with van der Waals surface area (Å²) in [6.07, 6.45) is 2.99. The van der Waals surface area contributed by atoms with Crippen molar-refractivity contribution >= 4 is 11.0 Å². The molecule has 0 amide bonds. The van der Waals surface area contributed by atoms with Crippen LogP contribution in [0.4, 0.5) is 0 Å². The molecule has 2 heterocycles. The van der Waals surface area contributed by atoms with E-state index in [0.29, 0.717) is 6.42 Å². The van der Waals surface area contributed by atoms with Crippen molar-refractivity contribution in [3.63, 3.8) is 0 Å². The number of aryl methyl sites for hydroxylation is 1. The first-order valence-electron chi connectivity index (χ1n) is 6.10. The Morgan fingerprint density at radius 2 is 2.05 bits per heavy atom. The molecule has 3 aromatic rings. The van der Waals surface area contributed by atoms with Crippen LogP contribution in [0.5, 0.6) is 0 Å². The van der Waals surface area contributed by atoms with Gasteiger partial charge in [-0.15, -0.1) is 0 Å². The number of hydrogen-bond acceptors (Lipinski definition) is 4. The summed E-state index contributed by atoms with van der Waals surface area (Å²) < 4.78 is 2.01. The normalized spacial score (nSPS) is 12.7. The van der Waals surface area contributed by atoms with Crippen molar-refractivity contribution in [2.45, 2.75) is 12.5 Å². The average molecular weight is 254 g/mol. The molecule has 2 aromatic heterocycles. The summed E-state index contributed by atoms with van der Waals surface area (Å²) in [5.41, 5.74) is 2.76. The third-order valence-corrected chi connectivity index (χ3v) is 3.25. The molecule has 0 aliphatic rings. The molecule has 0 bridgehead atoms. The Kier molecular flexibility index (Phi) is 2.97. The van der Waals surface area contributed by atoms with Crippen molar-refractivity contribution in [2.75, 3.05) is 0 Å². The first-order valence-corrected chi connectivity index (χ1v) is 6.10. The zero-order chi connectivity index (χ0) is 13.2. The lowest BCUT2D eigenvalue weighted by atomic mass is 10.1. The quantitative estimate of drug-likeness (QED) is 0.771. The van der Waals surface area contributed by atoms with Crippen LogP contribution in [0.25, 0.3) is 11.0 Å². The Morgan fingerprint density at radius 1 is 1.21 bits per heavy atom. The van der Waals surface area contributed by atoms with E-state index in [-0.39, 0.29) is 0 Å². The SMILES string of the molecule is Cn1c(CC(O)c2ccnnc2)nc2ccccc21. The number of fused-ring (bicyclic) bond motifs is 1. The highest BCUT2D eigenvalue weighted by Gasteiger charge is 2.14. The highest BCUT2D eigenvalue weighted by molar-refractivity contribution is 5.75. The smallest absolute Gasteiger partial charge is 0.112 e. The van der Waals surface area contributed by atoms with E-state index in [4.69, 9.17) is 0 Å². The summed E-state index contributed by atoms with van der Waals surface area (Å²) in [6.45, 7) is 0. The molecule has 96 valence electrons. The van der Waals surface area contributed by atoms with E-state index in [1.165, 1.54) is 0 Å². The number of aromatic nitrogens is 4.